The maximum atomic E-state index is 12.2. The summed E-state index contributed by atoms with van der Waals surface area (Å²) < 4.78 is 0. The Morgan fingerprint density at radius 1 is 1.58 bits per heavy atom. The standard InChI is InChI=1S/C13H26N4O2/c1-4-13(3,11(14)16-19)12(18)15-8-10-6-7-17(5-2)9-10/h10,19H,4-9H2,1-3H3,(H2,14,16)(H,15,18). The first-order chi connectivity index (χ1) is 8.97. The molecule has 0 saturated carbocycles. The monoisotopic (exact) mass is 270 g/mol. The molecule has 1 aliphatic heterocycles. The average Bonchev–Trinajstić information content (AvgIpc) is 2.90. The maximum Gasteiger partial charge on any atom is 0.233 e. The van der Waals surface area contributed by atoms with E-state index in [1.807, 2.05) is 6.92 Å². The molecule has 1 aliphatic rings. The van der Waals surface area contributed by atoms with Crippen molar-refractivity contribution in [1.29, 1.82) is 0 Å². The Labute approximate surface area is 115 Å². The van der Waals surface area contributed by atoms with Crippen LogP contribution in [0.1, 0.15) is 33.6 Å². The van der Waals surface area contributed by atoms with E-state index in [2.05, 4.69) is 22.3 Å². The maximum absolute atomic E-state index is 12.2. The minimum absolute atomic E-state index is 0.0332. The third-order valence-corrected chi connectivity index (χ3v) is 4.25. The molecule has 6 nitrogen and oxygen atoms in total. The number of rotatable bonds is 6. The number of amidine groups is 1. The molecular formula is C13H26N4O2. The summed E-state index contributed by atoms with van der Waals surface area (Å²) in [4.78, 5) is 14.6. The summed E-state index contributed by atoms with van der Waals surface area (Å²) in [6.45, 7) is 9.54. The predicted octanol–water partition coefficient (Wildman–Crippen LogP) is 0.607. The van der Waals surface area contributed by atoms with Crippen molar-refractivity contribution in [3.05, 3.63) is 0 Å². The molecule has 0 aromatic rings. The molecule has 6 heteroatoms. The number of carbonyl (C=O) groups is 1. The first-order valence-corrected chi connectivity index (χ1v) is 6.96. The summed E-state index contributed by atoms with van der Waals surface area (Å²) >= 11 is 0. The largest absolute Gasteiger partial charge is 0.409 e. The van der Waals surface area contributed by atoms with Gasteiger partial charge in [0.1, 0.15) is 5.41 Å². The van der Waals surface area contributed by atoms with Gasteiger partial charge in [0.2, 0.25) is 5.91 Å². The van der Waals surface area contributed by atoms with Crippen LogP contribution in [-0.4, -0.2) is 48.0 Å². The zero-order valence-electron chi connectivity index (χ0n) is 12.1. The van der Waals surface area contributed by atoms with Crippen molar-refractivity contribution in [3.63, 3.8) is 0 Å². The van der Waals surface area contributed by atoms with Crippen LogP contribution in [0.25, 0.3) is 0 Å². The van der Waals surface area contributed by atoms with Gasteiger partial charge in [-0.3, -0.25) is 4.79 Å². The fraction of sp³-hybridized carbons (Fsp3) is 0.846. The third kappa shape index (κ3) is 3.59. The Kier molecular flexibility index (Phi) is 5.60. The normalized spacial score (nSPS) is 24.2. The fourth-order valence-corrected chi connectivity index (χ4v) is 2.37. The Morgan fingerprint density at radius 2 is 2.26 bits per heavy atom. The van der Waals surface area contributed by atoms with Crippen molar-refractivity contribution in [2.24, 2.45) is 22.2 Å². The van der Waals surface area contributed by atoms with Crippen LogP contribution in [-0.2, 0) is 4.79 Å². The summed E-state index contributed by atoms with van der Waals surface area (Å²) in [6, 6.07) is 0. The predicted molar refractivity (Wildman–Crippen MR) is 75.0 cm³/mol. The number of amides is 1. The van der Waals surface area contributed by atoms with E-state index in [4.69, 9.17) is 10.9 Å². The van der Waals surface area contributed by atoms with Gasteiger partial charge < -0.3 is 21.2 Å². The second-order valence-electron chi connectivity index (χ2n) is 5.43. The van der Waals surface area contributed by atoms with E-state index < -0.39 is 5.41 Å². The van der Waals surface area contributed by atoms with Gasteiger partial charge in [0.15, 0.2) is 5.84 Å². The molecule has 2 unspecified atom stereocenters. The smallest absolute Gasteiger partial charge is 0.233 e. The van der Waals surface area contributed by atoms with Crippen molar-refractivity contribution in [1.82, 2.24) is 10.2 Å². The number of hydrogen-bond acceptors (Lipinski definition) is 4. The molecule has 0 radical (unpaired) electrons. The van der Waals surface area contributed by atoms with Gasteiger partial charge in [-0.25, -0.2) is 0 Å². The highest BCUT2D eigenvalue weighted by molar-refractivity contribution is 6.06. The summed E-state index contributed by atoms with van der Waals surface area (Å²) in [5.74, 6) is 0.298. The molecule has 1 heterocycles. The lowest BCUT2D eigenvalue weighted by Crippen LogP contribution is -2.48. The third-order valence-electron chi connectivity index (χ3n) is 4.25. The van der Waals surface area contributed by atoms with Crippen molar-refractivity contribution < 1.29 is 10.0 Å². The van der Waals surface area contributed by atoms with Crippen LogP contribution in [0.5, 0.6) is 0 Å². The van der Waals surface area contributed by atoms with Gasteiger partial charge in [0.25, 0.3) is 0 Å². The van der Waals surface area contributed by atoms with Gasteiger partial charge in [-0.2, -0.15) is 0 Å². The first kappa shape index (κ1) is 15.8. The van der Waals surface area contributed by atoms with Crippen LogP contribution in [0.4, 0.5) is 0 Å². The topological polar surface area (TPSA) is 91.0 Å². The number of carbonyl (C=O) groups excluding carboxylic acids is 1. The van der Waals surface area contributed by atoms with E-state index in [1.165, 1.54) is 0 Å². The number of nitrogens with one attached hydrogen (secondary N) is 1. The second-order valence-corrected chi connectivity index (χ2v) is 5.43. The quantitative estimate of drug-likeness (QED) is 0.285. The highest BCUT2D eigenvalue weighted by Crippen LogP contribution is 2.22. The van der Waals surface area contributed by atoms with E-state index in [9.17, 15) is 4.79 Å². The average molecular weight is 270 g/mol. The van der Waals surface area contributed by atoms with E-state index in [0.717, 1.165) is 26.1 Å². The molecule has 1 rings (SSSR count). The molecule has 0 aliphatic carbocycles. The number of likely N-dealkylation sites (tertiary alicyclic amines) is 1. The summed E-state index contributed by atoms with van der Waals surface area (Å²) in [5.41, 5.74) is 4.69. The number of nitrogens with zero attached hydrogens (tertiary/aromatic N) is 2. The summed E-state index contributed by atoms with van der Waals surface area (Å²) in [6.07, 6.45) is 1.61. The van der Waals surface area contributed by atoms with Gasteiger partial charge in [0.05, 0.1) is 0 Å². The van der Waals surface area contributed by atoms with Crippen LogP contribution < -0.4 is 11.1 Å². The van der Waals surface area contributed by atoms with Crippen molar-refractivity contribution in [2.45, 2.75) is 33.6 Å². The zero-order chi connectivity index (χ0) is 14.5. The first-order valence-electron chi connectivity index (χ1n) is 6.96. The van der Waals surface area contributed by atoms with Gasteiger partial charge in [-0.05, 0) is 38.8 Å². The number of nitrogens with two attached hydrogens (primary N) is 1. The fourth-order valence-electron chi connectivity index (χ4n) is 2.37. The second kappa shape index (κ2) is 6.75. The molecule has 4 N–H and O–H groups in total. The van der Waals surface area contributed by atoms with Gasteiger partial charge in [0, 0.05) is 13.1 Å². The van der Waals surface area contributed by atoms with Gasteiger partial charge in [-0.15, -0.1) is 0 Å². The Hall–Kier alpha value is -1.30. The molecule has 0 aromatic heterocycles. The zero-order valence-corrected chi connectivity index (χ0v) is 12.1. The molecule has 19 heavy (non-hydrogen) atoms. The summed E-state index contributed by atoms with van der Waals surface area (Å²) in [5, 5.41) is 14.7. The Balaban J connectivity index is 2.51. The van der Waals surface area contributed by atoms with Gasteiger partial charge >= 0.3 is 0 Å². The lowest BCUT2D eigenvalue weighted by molar-refractivity contribution is -0.127. The minimum atomic E-state index is -0.933. The molecule has 110 valence electrons. The molecule has 0 spiro atoms. The number of oxime groups is 1. The van der Waals surface area contributed by atoms with Crippen molar-refractivity contribution in [3.8, 4) is 0 Å². The molecule has 1 saturated heterocycles. The Bertz CT molecular complexity index is 346. The molecule has 0 aromatic carbocycles. The summed E-state index contributed by atoms with van der Waals surface area (Å²) in [7, 11) is 0. The van der Waals surface area contributed by atoms with Crippen LogP contribution in [0.15, 0.2) is 5.16 Å². The molecule has 0 bridgehead atoms. The van der Waals surface area contributed by atoms with E-state index in [0.29, 0.717) is 18.9 Å². The molecule has 2 atom stereocenters. The molecule has 1 fully saturated rings. The molecule has 1 amide bonds. The lowest BCUT2D eigenvalue weighted by Gasteiger charge is -2.26. The van der Waals surface area contributed by atoms with Crippen LogP contribution >= 0.6 is 0 Å². The Morgan fingerprint density at radius 3 is 2.74 bits per heavy atom. The highest BCUT2D eigenvalue weighted by atomic mass is 16.4. The van der Waals surface area contributed by atoms with Crippen molar-refractivity contribution >= 4 is 11.7 Å². The van der Waals surface area contributed by atoms with Crippen LogP contribution in [0.2, 0.25) is 0 Å². The van der Waals surface area contributed by atoms with Crippen molar-refractivity contribution in [2.75, 3.05) is 26.2 Å². The lowest BCUT2D eigenvalue weighted by atomic mass is 9.85. The van der Waals surface area contributed by atoms with Gasteiger partial charge in [-0.1, -0.05) is 19.0 Å². The minimum Gasteiger partial charge on any atom is -0.409 e. The van der Waals surface area contributed by atoms with E-state index in [-0.39, 0.29) is 11.7 Å². The van der Waals surface area contributed by atoms with E-state index in [1.54, 1.807) is 6.92 Å². The van der Waals surface area contributed by atoms with Crippen LogP contribution in [0, 0.1) is 11.3 Å². The molecular weight excluding hydrogens is 244 g/mol. The number of hydrogen-bond donors (Lipinski definition) is 3. The highest BCUT2D eigenvalue weighted by Gasteiger charge is 2.36. The van der Waals surface area contributed by atoms with Crippen LogP contribution in [0.3, 0.4) is 0 Å². The van der Waals surface area contributed by atoms with E-state index >= 15 is 0 Å². The SMILES string of the molecule is CCN1CCC(CNC(=O)C(C)(CC)C(N)=NO)C1.